The van der Waals surface area contributed by atoms with Crippen molar-refractivity contribution in [2.75, 3.05) is 18.4 Å². The van der Waals surface area contributed by atoms with Gasteiger partial charge in [0.15, 0.2) is 0 Å². The lowest BCUT2D eigenvalue weighted by Crippen LogP contribution is -2.32. The number of nitrogens with zero attached hydrogens (tertiary/aromatic N) is 4. The van der Waals surface area contributed by atoms with Gasteiger partial charge < -0.3 is 10.2 Å². The van der Waals surface area contributed by atoms with Crippen LogP contribution in [0.4, 0.5) is 5.13 Å². The SMILES string of the molecule is O=C(c1ccccn1)N1CCC(Nc2nnc(C3CC3)s2)C1. The molecule has 1 saturated carbocycles. The zero-order valence-electron chi connectivity index (χ0n) is 12.1. The van der Waals surface area contributed by atoms with Crippen LogP contribution in [0.5, 0.6) is 0 Å². The first-order valence-corrected chi connectivity index (χ1v) is 8.41. The molecule has 0 spiro atoms. The van der Waals surface area contributed by atoms with Gasteiger partial charge in [0.2, 0.25) is 5.13 Å². The Hall–Kier alpha value is -2.02. The predicted octanol–water partition coefficient (Wildman–Crippen LogP) is 2.14. The van der Waals surface area contributed by atoms with Crippen molar-refractivity contribution >= 4 is 22.4 Å². The minimum Gasteiger partial charge on any atom is -0.355 e. The normalized spacial score (nSPS) is 21.1. The summed E-state index contributed by atoms with van der Waals surface area (Å²) in [6, 6.07) is 5.66. The molecule has 1 unspecified atom stereocenters. The second kappa shape index (κ2) is 5.64. The molecule has 2 aliphatic rings. The van der Waals surface area contributed by atoms with E-state index < -0.39 is 0 Å². The summed E-state index contributed by atoms with van der Waals surface area (Å²) in [4.78, 5) is 18.3. The van der Waals surface area contributed by atoms with Crippen molar-refractivity contribution in [1.29, 1.82) is 0 Å². The van der Waals surface area contributed by atoms with Gasteiger partial charge in [0.1, 0.15) is 10.7 Å². The largest absolute Gasteiger partial charge is 0.355 e. The van der Waals surface area contributed by atoms with Crippen molar-refractivity contribution in [2.45, 2.75) is 31.2 Å². The monoisotopic (exact) mass is 315 g/mol. The van der Waals surface area contributed by atoms with Crippen LogP contribution >= 0.6 is 11.3 Å². The molecule has 0 radical (unpaired) electrons. The van der Waals surface area contributed by atoms with Crippen LogP contribution in [-0.2, 0) is 0 Å². The number of pyridine rings is 1. The Balaban J connectivity index is 1.36. The fraction of sp³-hybridized carbons (Fsp3) is 0.467. The highest BCUT2D eigenvalue weighted by atomic mass is 32.1. The van der Waals surface area contributed by atoms with Crippen LogP contribution in [0, 0.1) is 0 Å². The number of nitrogens with one attached hydrogen (secondary N) is 1. The Labute approximate surface area is 132 Å². The van der Waals surface area contributed by atoms with E-state index in [9.17, 15) is 4.79 Å². The lowest BCUT2D eigenvalue weighted by atomic mass is 10.3. The zero-order chi connectivity index (χ0) is 14.9. The number of rotatable bonds is 4. The topological polar surface area (TPSA) is 71.0 Å². The number of hydrogen-bond acceptors (Lipinski definition) is 6. The fourth-order valence-corrected chi connectivity index (χ4v) is 3.67. The molecule has 1 aliphatic carbocycles. The summed E-state index contributed by atoms with van der Waals surface area (Å²) in [5.74, 6) is 0.639. The minimum atomic E-state index is 0.000771. The number of aromatic nitrogens is 3. The van der Waals surface area contributed by atoms with Crippen LogP contribution in [0.25, 0.3) is 0 Å². The summed E-state index contributed by atoms with van der Waals surface area (Å²) in [6.45, 7) is 1.44. The van der Waals surface area contributed by atoms with Crippen LogP contribution < -0.4 is 5.32 Å². The summed E-state index contributed by atoms with van der Waals surface area (Å²) in [5, 5.41) is 13.9. The molecule has 2 aromatic rings. The summed E-state index contributed by atoms with van der Waals surface area (Å²) in [7, 11) is 0. The molecule has 0 bridgehead atoms. The van der Waals surface area contributed by atoms with Crippen LogP contribution in [-0.4, -0.2) is 45.1 Å². The van der Waals surface area contributed by atoms with E-state index in [1.54, 1.807) is 23.6 Å². The van der Waals surface area contributed by atoms with E-state index in [1.165, 1.54) is 12.8 Å². The average Bonchev–Trinajstić information content (AvgIpc) is 3.13. The molecule has 1 amide bonds. The van der Waals surface area contributed by atoms with E-state index in [0.717, 1.165) is 23.1 Å². The highest BCUT2D eigenvalue weighted by molar-refractivity contribution is 7.15. The number of carbonyl (C=O) groups excluding carboxylic acids is 1. The van der Waals surface area contributed by atoms with Gasteiger partial charge in [0.05, 0.1) is 0 Å². The second-order valence-electron chi connectivity index (χ2n) is 5.82. The van der Waals surface area contributed by atoms with Crippen molar-refractivity contribution in [1.82, 2.24) is 20.1 Å². The highest BCUT2D eigenvalue weighted by Crippen LogP contribution is 2.42. The number of hydrogen-bond donors (Lipinski definition) is 1. The van der Waals surface area contributed by atoms with Gasteiger partial charge in [0, 0.05) is 31.2 Å². The van der Waals surface area contributed by atoms with E-state index in [1.807, 2.05) is 17.0 Å². The van der Waals surface area contributed by atoms with E-state index in [4.69, 9.17) is 0 Å². The first-order chi connectivity index (χ1) is 10.8. The Kier molecular flexibility index (Phi) is 3.49. The van der Waals surface area contributed by atoms with Gasteiger partial charge in [-0.15, -0.1) is 10.2 Å². The molecule has 1 aliphatic heterocycles. The van der Waals surface area contributed by atoms with Crippen molar-refractivity contribution in [3.05, 3.63) is 35.1 Å². The summed E-state index contributed by atoms with van der Waals surface area (Å²) in [5.41, 5.74) is 0.509. The number of likely N-dealkylation sites (tertiary alicyclic amines) is 1. The molecule has 2 aromatic heterocycles. The zero-order valence-corrected chi connectivity index (χ0v) is 12.9. The molecule has 3 heterocycles. The lowest BCUT2D eigenvalue weighted by molar-refractivity contribution is 0.0786. The fourth-order valence-electron chi connectivity index (χ4n) is 2.68. The molecular formula is C15H17N5OS. The smallest absolute Gasteiger partial charge is 0.272 e. The molecule has 1 N–H and O–H groups in total. The molecule has 6 nitrogen and oxygen atoms in total. The minimum absolute atomic E-state index is 0.000771. The van der Waals surface area contributed by atoms with Gasteiger partial charge in [-0.05, 0) is 31.4 Å². The second-order valence-corrected chi connectivity index (χ2v) is 6.82. The van der Waals surface area contributed by atoms with Gasteiger partial charge in [-0.1, -0.05) is 17.4 Å². The average molecular weight is 315 g/mol. The van der Waals surface area contributed by atoms with E-state index in [0.29, 0.717) is 18.2 Å². The molecular weight excluding hydrogens is 298 g/mol. The van der Waals surface area contributed by atoms with Crippen LogP contribution in [0.1, 0.15) is 40.7 Å². The Morgan fingerprint density at radius 2 is 2.18 bits per heavy atom. The van der Waals surface area contributed by atoms with Gasteiger partial charge in [-0.3, -0.25) is 9.78 Å². The maximum Gasteiger partial charge on any atom is 0.272 e. The van der Waals surface area contributed by atoms with E-state index >= 15 is 0 Å². The molecule has 2 fully saturated rings. The summed E-state index contributed by atoms with van der Waals surface area (Å²) < 4.78 is 0. The number of amides is 1. The molecule has 4 rings (SSSR count). The third-order valence-corrected chi connectivity index (χ3v) is 5.07. The van der Waals surface area contributed by atoms with E-state index in [-0.39, 0.29) is 11.9 Å². The molecule has 1 atom stereocenters. The maximum atomic E-state index is 12.4. The van der Waals surface area contributed by atoms with Crippen molar-refractivity contribution in [2.24, 2.45) is 0 Å². The van der Waals surface area contributed by atoms with Crippen molar-refractivity contribution in [3.8, 4) is 0 Å². The molecule has 0 aromatic carbocycles. The quantitative estimate of drug-likeness (QED) is 0.936. The Morgan fingerprint density at radius 3 is 2.95 bits per heavy atom. The Bertz CT molecular complexity index is 670. The molecule has 7 heteroatoms. The van der Waals surface area contributed by atoms with Gasteiger partial charge >= 0.3 is 0 Å². The summed E-state index contributed by atoms with van der Waals surface area (Å²) in [6.07, 6.45) is 5.06. The third-order valence-electron chi connectivity index (χ3n) is 4.05. The lowest BCUT2D eigenvalue weighted by Gasteiger charge is -2.16. The number of carbonyl (C=O) groups is 1. The van der Waals surface area contributed by atoms with Crippen LogP contribution in [0.2, 0.25) is 0 Å². The molecule has 1 saturated heterocycles. The van der Waals surface area contributed by atoms with Crippen molar-refractivity contribution in [3.63, 3.8) is 0 Å². The number of anilines is 1. The standard InChI is InChI=1S/C15H17N5OS/c21-14(12-3-1-2-7-16-12)20-8-6-11(9-20)17-15-19-18-13(22-15)10-4-5-10/h1-3,7,10-11H,4-6,8-9H2,(H,17,19). The van der Waals surface area contributed by atoms with Crippen LogP contribution in [0.3, 0.4) is 0 Å². The maximum absolute atomic E-state index is 12.4. The molecule has 22 heavy (non-hydrogen) atoms. The summed E-state index contributed by atoms with van der Waals surface area (Å²) >= 11 is 1.65. The van der Waals surface area contributed by atoms with Gasteiger partial charge in [0.25, 0.3) is 5.91 Å². The van der Waals surface area contributed by atoms with Crippen LogP contribution in [0.15, 0.2) is 24.4 Å². The third kappa shape index (κ3) is 2.81. The van der Waals surface area contributed by atoms with Gasteiger partial charge in [-0.25, -0.2) is 0 Å². The Morgan fingerprint density at radius 1 is 1.27 bits per heavy atom. The molecule has 114 valence electrons. The van der Waals surface area contributed by atoms with Crippen molar-refractivity contribution < 1.29 is 4.79 Å². The highest BCUT2D eigenvalue weighted by Gasteiger charge is 2.30. The van der Waals surface area contributed by atoms with E-state index in [2.05, 4.69) is 20.5 Å². The first-order valence-electron chi connectivity index (χ1n) is 7.60. The first kappa shape index (κ1) is 13.6. The predicted molar refractivity (Wildman–Crippen MR) is 84.1 cm³/mol. The van der Waals surface area contributed by atoms with Gasteiger partial charge in [-0.2, -0.15) is 0 Å².